The fourth-order valence-electron chi connectivity index (χ4n) is 2.41. The second-order valence-corrected chi connectivity index (χ2v) is 5.19. The fraction of sp³-hybridized carbons (Fsp3) is 0.917. The summed E-state index contributed by atoms with van der Waals surface area (Å²) in [7, 11) is 0. The smallest absolute Gasteiger partial charge is 0.222 e. The molecule has 3 nitrogen and oxygen atoms in total. The van der Waals surface area contributed by atoms with E-state index in [2.05, 4.69) is 5.32 Å². The van der Waals surface area contributed by atoms with Crippen LogP contribution < -0.4 is 5.32 Å². The Hall–Kier alpha value is -0.570. The van der Waals surface area contributed by atoms with Crippen LogP contribution in [0.5, 0.6) is 0 Å². The van der Waals surface area contributed by atoms with Gasteiger partial charge in [0.25, 0.3) is 0 Å². The number of carbonyl (C=O) groups is 1. The van der Waals surface area contributed by atoms with Crippen molar-refractivity contribution in [2.75, 3.05) is 13.2 Å². The molecule has 0 aromatic carbocycles. The van der Waals surface area contributed by atoms with Crippen LogP contribution in [-0.4, -0.2) is 24.7 Å². The first-order valence-corrected chi connectivity index (χ1v) is 6.04. The summed E-state index contributed by atoms with van der Waals surface area (Å²) in [5.41, 5.74) is 0.144. The third kappa shape index (κ3) is 2.33. The molecule has 1 heterocycles. The van der Waals surface area contributed by atoms with Gasteiger partial charge in [-0.15, -0.1) is 0 Å². The Bertz CT molecular complexity index is 240. The monoisotopic (exact) mass is 211 g/mol. The highest BCUT2D eigenvalue weighted by Gasteiger charge is 2.50. The predicted molar refractivity (Wildman–Crippen MR) is 58.5 cm³/mol. The third-order valence-corrected chi connectivity index (χ3v) is 3.69. The number of ether oxygens (including phenoxy) is 1. The van der Waals surface area contributed by atoms with Gasteiger partial charge >= 0.3 is 0 Å². The van der Waals surface area contributed by atoms with E-state index in [1.807, 2.05) is 13.8 Å². The molecule has 0 aromatic rings. The lowest BCUT2D eigenvalue weighted by molar-refractivity contribution is -0.125. The van der Waals surface area contributed by atoms with E-state index in [1.165, 1.54) is 0 Å². The average Bonchev–Trinajstić information content (AvgIpc) is 3.00. The van der Waals surface area contributed by atoms with Crippen molar-refractivity contribution in [1.29, 1.82) is 0 Å². The van der Waals surface area contributed by atoms with E-state index in [-0.39, 0.29) is 17.4 Å². The molecule has 1 N–H and O–H groups in total. The Balaban J connectivity index is 1.91. The molecule has 1 saturated heterocycles. The summed E-state index contributed by atoms with van der Waals surface area (Å²) in [5.74, 6) is 0.954. The second-order valence-electron chi connectivity index (χ2n) is 5.19. The molecule has 3 heteroatoms. The molecule has 1 amide bonds. The Labute approximate surface area is 91.6 Å². The van der Waals surface area contributed by atoms with Crippen molar-refractivity contribution in [1.82, 2.24) is 5.32 Å². The first-order chi connectivity index (χ1) is 7.14. The summed E-state index contributed by atoms with van der Waals surface area (Å²) in [6, 6.07) is 0. The van der Waals surface area contributed by atoms with Crippen molar-refractivity contribution in [2.45, 2.75) is 45.1 Å². The van der Waals surface area contributed by atoms with E-state index in [1.54, 1.807) is 0 Å². The van der Waals surface area contributed by atoms with Crippen molar-refractivity contribution in [2.24, 2.45) is 11.8 Å². The lowest BCUT2D eigenvalue weighted by Gasteiger charge is -2.31. The van der Waals surface area contributed by atoms with Gasteiger partial charge in [-0.2, -0.15) is 0 Å². The van der Waals surface area contributed by atoms with E-state index in [0.29, 0.717) is 5.92 Å². The quantitative estimate of drug-likeness (QED) is 0.772. The van der Waals surface area contributed by atoms with Gasteiger partial charge in [-0.05, 0) is 31.6 Å². The van der Waals surface area contributed by atoms with Gasteiger partial charge in [-0.25, -0.2) is 0 Å². The molecule has 2 rings (SSSR count). The lowest BCUT2D eigenvalue weighted by Crippen LogP contribution is -2.46. The summed E-state index contributed by atoms with van der Waals surface area (Å²) < 4.78 is 5.36. The molecule has 86 valence electrons. The number of hydrogen-bond acceptors (Lipinski definition) is 2. The van der Waals surface area contributed by atoms with Crippen LogP contribution in [0.1, 0.15) is 39.5 Å². The Kier molecular flexibility index (Phi) is 3.01. The molecule has 0 atom stereocenters. The van der Waals surface area contributed by atoms with Gasteiger partial charge in [0.05, 0.1) is 0 Å². The maximum absolute atomic E-state index is 11.7. The van der Waals surface area contributed by atoms with Crippen molar-refractivity contribution >= 4 is 5.91 Å². The average molecular weight is 211 g/mol. The number of nitrogens with one attached hydrogen (secondary N) is 1. The van der Waals surface area contributed by atoms with E-state index < -0.39 is 0 Å². The van der Waals surface area contributed by atoms with E-state index in [4.69, 9.17) is 4.74 Å². The van der Waals surface area contributed by atoms with Gasteiger partial charge in [0.1, 0.15) is 0 Å². The zero-order valence-electron chi connectivity index (χ0n) is 9.71. The minimum absolute atomic E-state index is 0.0994. The highest BCUT2D eigenvalue weighted by molar-refractivity contribution is 5.79. The van der Waals surface area contributed by atoms with E-state index in [9.17, 15) is 4.79 Å². The fourth-order valence-corrected chi connectivity index (χ4v) is 2.41. The van der Waals surface area contributed by atoms with Crippen LogP contribution in [0, 0.1) is 11.8 Å². The molecule has 1 aliphatic carbocycles. The molecule has 0 radical (unpaired) electrons. The van der Waals surface area contributed by atoms with Crippen LogP contribution in [0.25, 0.3) is 0 Å². The van der Waals surface area contributed by atoms with E-state index >= 15 is 0 Å². The normalized spacial score (nSPS) is 25.3. The van der Waals surface area contributed by atoms with Crippen molar-refractivity contribution in [3.05, 3.63) is 0 Å². The number of hydrogen-bond donors (Lipinski definition) is 1. The van der Waals surface area contributed by atoms with Crippen molar-refractivity contribution in [3.63, 3.8) is 0 Å². The lowest BCUT2D eigenvalue weighted by atomic mass is 9.89. The summed E-state index contributed by atoms with van der Waals surface area (Å²) in [4.78, 5) is 11.7. The first kappa shape index (κ1) is 10.9. The topological polar surface area (TPSA) is 38.3 Å². The Morgan fingerprint density at radius 3 is 2.40 bits per heavy atom. The van der Waals surface area contributed by atoms with Crippen LogP contribution in [0.2, 0.25) is 0 Å². The highest BCUT2D eigenvalue weighted by atomic mass is 16.5. The van der Waals surface area contributed by atoms with Crippen LogP contribution in [0.15, 0.2) is 0 Å². The van der Waals surface area contributed by atoms with E-state index in [0.717, 1.165) is 38.9 Å². The predicted octanol–water partition coefficient (Wildman–Crippen LogP) is 1.72. The molecule has 1 saturated carbocycles. The summed E-state index contributed by atoms with van der Waals surface area (Å²) in [6.45, 7) is 5.64. The van der Waals surface area contributed by atoms with Crippen LogP contribution in [0.3, 0.4) is 0 Å². The largest absolute Gasteiger partial charge is 0.381 e. The number of carbonyl (C=O) groups excluding carboxylic acids is 1. The van der Waals surface area contributed by atoms with Gasteiger partial charge in [-0.3, -0.25) is 4.79 Å². The Morgan fingerprint density at radius 1 is 1.33 bits per heavy atom. The molecule has 15 heavy (non-hydrogen) atoms. The highest BCUT2D eigenvalue weighted by Crippen LogP contribution is 2.46. The van der Waals surface area contributed by atoms with Gasteiger partial charge in [0, 0.05) is 24.7 Å². The third-order valence-electron chi connectivity index (χ3n) is 3.69. The van der Waals surface area contributed by atoms with Crippen LogP contribution in [0.4, 0.5) is 0 Å². The van der Waals surface area contributed by atoms with Crippen molar-refractivity contribution < 1.29 is 9.53 Å². The molecule has 1 aliphatic heterocycles. The standard InChI is InChI=1S/C12H21NO2/c1-9(2)11(14)13-12(5-6-12)10-3-7-15-8-4-10/h9-10H,3-8H2,1-2H3,(H,13,14). The number of rotatable bonds is 3. The minimum atomic E-state index is 0.0994. The summed E-state index contributed by atoms with van der Waals surface area (Å²) in [5, 5.41) is 3.24. The summed E-state index contributed by atoms with van der Waals surface area (Å²) in [6.07, 6.45) is 4.54. The molecule has 2 aliphatic rings. The van der Waals surface area contributed by atoms with Gasteiger partial charge in [0.2, 0.25) is 5.91 Å². The molecular weight excluding hydrogens is 190 g/mol. The molecule has 0 unspecified atom stereocenters. The second kappa shape index (κ2) is 4.12. The zero-order valence-corrected chi connectivity index (χ0v) is 9.71. The maximum Gasteiger partial charge on any atom is 0.222 e. The van der Waals surface area contributed by atoms with Crippen molar-refractivity contribution in [3.8, 4) is 0 Å². The van der Waals surface area contributed by atoms with Crippen LogP contribution >= 0.6 is 0 Å². The minimum Gasteiger partial charge on any atom is -0.381 e. The Morgan fingerprint density at radius 2 is 1.93 bits per heavy atom. The molecule has 0 bridgehead atoms. The van der Waals surface area contributed by atoms with Gasteiger partial charge < -0.3 is 10.1 Å². The SMILES string of the molecule is CC(C)C(=O)NC1(C2CCOCC2)CC1. The first-order valence-electron chi connectivity index (χ1n) is 6.04. The van der Waals surface area contributed by atoms with Crippen LogP contribution in [-0.2, 0) is 9.53 Å². The molecule has 0 spiro atoms. The van der Waals surface area contributed by atoms with Gasteiger partial charge in [-0.1, -0.05) is 13.8 Å². The number of amides is 1. The zero-order chi connectivity index (χ0) is 10.9. The molecule has 0 aromatic heterocycles. The molecule has 2 fully saturated rings. The van der Waals surface area contributed by atoms with Gasteiger partial charge in [0.15, 0.2) is 0 Å². The maximum atomic E-state index is 11.7. The molecular formula is C12H21NO2. The summed E-state index contributed by atoms with van der Waals surface area (Å²) >= 11 is 0.